The van der Waals surface area contributed by atoms with E-state index >= 15 is 0 Å². The lowest BCUT2D eigenvalue weighted by Gasteiger charge is -2.28. The van der Waals surface area contributed by atoms with Crippen molar-refractivity contribution in [2.75, 3.05) is 5.32 Å². The SMILES string of the molecule is Cc1cc(I)ccc1NC1CCCc2ccccc21. The second kappa shape index (κ2) is 5.53. The average molecular weight is 363 g/mol. The first-order chi connectivity index (χ1) is 9.24. The predicted octanol–water partition coefficient (Wildman–Crippen LogP) is 5.09. The van der Waals surface area contributed by atoms with E-state index in [2.05, 4.69) is 77.3 Å². The summed E-state index contributed by atoms with van der Waals surface area (Å²) in [4.78, 5) is 0. The van der Waals surface area contributed by atoms with Crippen molar-refractivity contribution < 1.29 is 0 Å². The Kier molecular flexibility index (Phi) is 3.78. The van der Waals surface area contributed by atoms with Gasteiger partial charge in [-0.2, -0.15) is 0 Å². The minimum Gasteiger partial charge on any atom is -0.378 e. The number of benzene rings is 2. The van der Waals surface area contributed by atoms with Gasteiger partial charge in [0, 0.05) is 9.26 Å². The van der Waals surface area contributed by atoms with Gasteiger partial charge in [0.1, 0.15) is 0 Å². The molecule has 2 aromatic carbocycles. The van der Waals surface area contributed by atoms with Gasteiger partial charge in [-0.05, 0) is 83.7 Å². The predicted molar refractivity (Wildman–Crippen MR) is 89.6 cm³/mol. The first kappa shape index (κ1) is 13.0. The number of nitrogens with one attached hydrogen (secondary N) is 1. The van der Waals surface area contributed by atoms with Crippen LogP contribution in [0.15, 0.2) is 42.5 Å². The molecule has 0 amide bonds. The van der Waals surface area contributed by atoms with E-state index in [9.17, 15) is 0 Å². The van der Waals surface area contributed by atoms with Crippen molar-refractivity contribution in [1.29, 1.82) is 0 Å². The molecule has 0 radical (unpaired) electrons. The number of anilines is 1. The summed E-state index contributed by atoms with van der Waals surface area (Å²) >= 11 is 2.37. The van der Waals surface area contributed by atoms with Crippen molar-refractivity contribution in [3.8, 4) is 0 Å². The van der Waals surface area contributed by atoms with Crippen LogP contribution in [0.25, 0.3) is 0 Å². The summed E-state index contributed by atoms with van der Waals surface area (Å²) in [5.74, 6) is 0. The van der Waals surface area contributed by atoms with Crippen molar-refractivity contribution in [2.45, 2.75) is 32.2 Å². The molecule has 0 fully saturated rings. The highest BCUT2D eigenvalue weighted by molar-refractivity contribution is 14.1. The minimum absolute atomic E-state index is 0.462. The molecule has 0 bridgehead atoms. The average Bonchev–Trinajstić information content (AvgIpc) is 2.42. The maximum Gasteiger partial charge on any atom is 0.0516 e. The van der Waals surface area contributed by atoms with Crippen molar-refractivity contribution in [1.82, 2.24) is 0 Å². The van der Waals surface area contributed by atoms with Crippen molar-refractivity contribution in [2.24, 2.45) is 0 Å². The van der Waals surface area contributed by atoms with E-state index in [1.54, 1.807) is 0 Å². The highest BCUT2D eigenvalue weighted by Gasteiger charge is 2.19. The van der Waals surface area contributed by atoms with Crippen LogP contribution in [-0.2, 0) is 6.42 Å². The number of rotatable bonds is 2. The zero-order valence-electron chi connectivity index (χ0n) is 11.1. The molecule has 1 nitrogen and oxygen atoms in total. The molecule has 2 aromatic rings. The van der Waals surface area contributed by atoms with Gasteiger partial charge in [0.05, 0.1) is 6.04 Å². The van der Waals surface area contributed by atoms with Crippen molar-refractivity contribution >= 4 is 28.3 Å². The standard InChI is InChI=1S/C17H18IN/c1-12-11-14(18)9-10-16(12)19-17-8-4-6-13-5-2-3-7-15(13)17/h2-3,5,7,9-11,17,19H,4,6,8H2,1H3. The Morgan fingerprint density at radius 1 is 1.16 bits per heavy atom. The maximum absolute atomic E-state index is 3.73. The molecule has 1 aliphatic rings. The highest BCUT2D eigenvalue weighted by atomic mass is 127. The third kappa shape index (κ3) is 2.78. The Labute approximate surface area is 128 Å². The van der Waals surface area contributed by atoms with E-state index in [4.69, 9.17) is 0 Å². The lowest BCUT2D eigenvalue weighted by molar-refractivity contribution is 0.600. The number of aryl methyl sites for hydroxylation is 2. The number of fused-ring (bicyclic) bond motifs is 1. The molecule has 0 saturated carbocycles. The molecule has 1 unspecified atom stereocenters. The van der Waals surface area contributed by atoms with E-state index in [0.29, 0.717) is 6.04 Å². The first-order valence-electron chi connectivity index (χ1n) is 6.84. The van der Waals surface area contributed by atoms with Crippen LogP contribution < -0.4 is 5.32 Å². The zero-order chi connectivity index (χ0) is 13.2. The molecule has 1 aliphatic carbocycles. The minimum atomic E-state index is 0.462. The molecule has 0 aliphatic heterocycles. The summed E-state index contributed by atoms with van der Waals surface area (Å²) in [6.45, 7) is 2.18. The third-order valence-electron chi connectivity index (χ3n) is 3.89. The van der Waals surface area contributed by atoms with Gasteiger partial charge in [0.2, 0.25) is 0 Å². The van der Waals surface area contributed by atoms with Crippen LogP contribution in [0.2, 0.25) is 0 Å². The largest absolute Gasteiger partial charge is 0.378 e. The Morgan fingerprint density at radius 3 is 2.84 bits per heavy atom. The van der Waals surface area contributed by atoms with E-state index in [1.165, 1.54) is 45.2 Å². The second-order valence-electron chi connectivity index (χ2n) is 5.25. The fraction of sp³-hybridized carbons (Fsp3) is 0.294. The molecule has 3 rings (SSSR count). The van der Waals surface area contributed by atoms with Gasteiger partial charge in [0.15, 0.2) is 0 Å². The molecule has 0 saturated heterocycles. The number of hydrogen-bond donors (Lipinski definition) is 1. The van der Waals surface area contributed by atoms with Gasteiger partial charge in [-0.3, -0.25) is 0 Å². The van der Waals surface area contributed by atoms with Crippen LogP contribution in [0.3, 0.4) is 0 Å². The Balaban J connectivity index is 1.88. The topological polar surface area (TPSA) is 12.0 Å². The fourth-order valence-electron chi connectivity index (χ4n) is 2.88. The molecule has 0 aromatic heterocycles. The molecule has 2 heteroatoms. The summed E-state index contributed by atoms with van der Waals surface area (Å²) in [6.07, 6.45) is 3.72. The molecule has 1 atom stereocenters. The lowest BCUT2D eigenvalue weighted by Crippen LogP contribution is -2.17. The van der Waals surface area contributed by atoms with Gasteiger partial charge in [-0.25, -0.2) is 0 Å². The molecular formula is C17H18IN. The molecule has 98 valence electrons. The highest BCUT2D eigenvalue weighted by Crippen LogP contribution is 2.33. The third-order valence-corrected chi connectivity index (χ3v) is 4.56. The van der Waals surface area contributed by atoms with Gasteiger partial charge < -0.3 is 5.32 Å². The summed E-state index contributed by atoms with van der Waals surface area (Å²) < 4.78 is 1.30. The van der Waals surface area contributed by atoms with E-state index < -0.39 is 0 Å². The summed E-state index contributed by atoms with van der Waals surface area (Å²) in [7, 11) is 0. The smallest absolute Gasteiger partial charge is 0.0516 e. The lowest BCUT2D eigenvalue weighted by atomic mass is 9.87. The van der Waals surface area contributed by atoms with Crippen molar-refractivity contribution in [3.05, 3.63) is 62.7 Å². The molecule has 19 heavy (non-hydrogen) atoms. The number of hydrogen-bond acceptors (Lipinski definition) is 1. The molecule has 0 spiro atoms. The van der Waals surface area contributed by atoms with Crippen molar-refractivity contribution in [3.63, 3.8) is 0 Å². The maximum atomic E-state index is 3.73. The van der Waals surface area contributed by atoms with Gasteiger partial charge in [-0.15, -0.1) is 0 Å². The summed E-state index contributed by atoms with van der Waals surface area (Å²) in [5.41, 5.74) is 5.58. The van der Waals surface area contributed by atoms with Crippen LogP contribution in [0, 0.1) is 10.5 Å². The molecular weight excluding hydrogens is 345 g/mol. The molecule has 1 N–H and O–H groups in total. The Hall–Kier alpha value is -1.03. The van der Waals surface area contributed by atoms with Crippen LogP contribution in [0.4, 0.5) is 5.69 Å². The molecule has 0 heterocycles. The first-order valence-corrected chi connectivity index (χ1v) is 7.92. The van der Waals surface area contributed by atoms with E-state index in [-0.39, 0.29) is 0 Å². The summed E-state index contributed by atoms with van der Waals surface area (Å²) in [6, 6.07) is 15.9. The summed E-state index contributed by atoms with van der Waals surface area (Å²) in [5, 5.41) is 3.73. The van der Waals surface area contributed by atoms with Gasteiger partial charge in [0.25, 0.3) is 0 Å². The van der Waals surface area contributed by atoms with Crippen LogP contribution in [0.1, 0.15) is 35.6 Å². The second-order valence-corrected chi connectivity index (χ2v) is 6.49. The van der Waals surface area contributed by atoms with E-state index in [0.717, 1.165) is 0 Å². The van der Waals surface area contributed by atoms with Crippen LogP contribution in [0.5, 0.6) is 0 Å². The van der Waals surface area contributed by atoms with E-state index in [1.807, 2.05) is 0 Å². The Morgan fingerprint density at radius 2 is 2.00 bits per heavy atom. The zero-order valence-corrected chi connectivity index (χ0v) is 13.3. The fourth-order valence-corrected chi connectivity index (χ4v) is 3.53. The monoisotopic (exact) mass is 363 g/mol. The van der Waals surface area contributed by atoms with Crippen LogP contribution in [-0.4, -0.2) is 0 Å². The Bertz CT molecular complexity index is 592. The van der Waals surface area contributed by atoms with Gasteiger partial charge in [-0.1, -0.05) is 24.3 Å². The normalized spacial score (nSPS) is 17.9. The van der Waals surface area contributed by atoms with Crippen LogP contribution >= 0.6 is 22.6 Å². The number of halogens is 1. The van der Waals surface area contributed by atoms with Gasteiger partial charge >= 0.3 is 0 Å². The quantitative estimate of drug-likeness (QED) is 0.733.